The lowest BCUT2D eigenvalue weighted by atomic mass is 10.2. The molecular weight excluding hydrogens is 251 g/mol. The van der Waals surface area contributed by atoms with Gasteiger partial charge in [0.25, 0.3) is 0 Å². The molecule has 2 aromatic carbocycles. The molecule has 0 aromatic heterocycles. The number of hydrogen-bond donors (Lipinski definition) is 1. The van der Waals surface area contributed by atoms with Gasteiger partial charge in [-0.2, -0.15) is 0 Å². The van der Waals surface area contributed by atoms with E-state index in [9.17, 15) is 5.11 Å². The molecule has 1 nitrogen and oxygen atoms in total. The zero-order chi connectivity index (χ0) is 13.5. The van der Waals surface area contributed by atoms with Gasteiger partial charge < -0.3 is 5.11 Å². The largest absolute Gasteiger partial charge is 0.396 e. The van der Waals surface area contributed by atoms with Crippen LogP contribution in [-0.4, -0.2) is 17.4 Å². The van der Waals surface area contributed by atoms with E-state index in [2.05, 4.69) is 67.6 Å². The minimum atomic E-state index is -0.470. The average Bonchev–Trinajstić information content (AvgIpc) is 2.49. The van der Waals surface area contributed by atoms with Gasteiger partial charge in [0, 0.05) is 5.66 Å². The molecule has 1 atom stereocenters. The summed E-state index contributed by atoms with van der Waals surface area (Å²) >= 11 is 0. The zero-order valence-electron chi connectivity index (χ0n) is 11.4. The fraction of sp³-hybridized carbons (Fsp3) is 0.294. The average molecular weight is 272 g/mol. The van der Waals surface area contributed by atoms with Gasteiger partial charge in [-0.1, -0.05) is 74.0 Å². The molecule has 1 N–H and O–H groups in total. The normalized spacial score (nSPS) is 12.6. The third-order valence-electron chi connectivity index (χ3n) is 3.27. The van der Waals surface area contributed by atoms with Gasteiger partial charge in [-0.25, -0.2) is 0 Å². The van der Waals surface area contributed by atoms with Gasteiger partial charge in [-0.15, -0.1) is 0 Å². The number of hydrogen-bond acceptors (Lipinski definition) is 1. The highest BCUT2D eigenvalue weighted by Crippen LogP contribution is 2.41. The van der Waals surface area contributed by atoms with Crippen molar-refractivity contribution in [3.8, 4) is 0 Å². The van der Waals surface area contributed by atoms with Crippen molar-refractivity contribution in [2.75, 3.05) is 6.61 Å². The van der Waals surface area contributed by atoms with E-state index >= 15 is 0 Å². The number of aliphatic hydroxyl groups is 1. The van der Waals surface area contributed by atoms with Crippen molar-refractivity contribution in [2.45, 2.75) is 25.4 Å². The van der Waals surface area contributed by atoms with E-state index < -0.39 is 7.92 Å². The van der Waals surface area contributed by atoms with Crippen LogP contribution in [0.2, 0.25) is 0 Å². The maximum Gasteiger partial charge on any atom is 0.0504 e. The molecule has 0 bridgehead atoms. The van der Waals surface area contributed by atoms with Crippen LogP contribution in [0.3, 0.4) is 0 Å². The third kappa shape index (κ3) is 3.65. The van der Waals surface area contributed by atoms with E-state index in [1.54, 1.807) is 0 Å². The topological polar surface area (TPSA) is 20.2 Å². The molecule has 0 aliphatic carbocycles. The fourth-order valence-electron chi connectivity index (χ4n) is 2.38. The Morgan fingerprint density at radius 2 is 1.37 bits per heavy atom. The minimum absolute atomic E-state index is 0.267. The molecular formula is C17H21OP. The van der Waals surface area contributed by atoms with Gasteiger partial charge in [0.1, 0.15) is 0 Å². The fourth-order valence-corrected chi connectivity index (χ4v) is 5.19. The van der Waals surface area contributed by atoms with Crippen molar-refractivity contribution < 1.29 is 5.11 Å². The van der Waals surface area contributed by atoms with Crippen molar-refractivity contribution in [2.24, 2.45) is 0 Å². The first-order chi connectivity index (χ1) is 9.36. The van der Waals surface area contributed by atoms with E-state index in [1.807, 2.05) is 0 Å². The monoisotopic (exact) mass is 272 g/mol. The van der Waals surface area contributed by atoms with Crippen molar-refractivity contribution in [1.82, 2.24) is 0 Å². The summed E-state index contributed by atoms with van der Waals surface area (Å²) in [7, 11) is -0.470. The predicted molar refractivity (Wildman–Crippen MR) is 84.9 cm³/mol. The maximum atomic E-state index is 9.77. The van der Waals surface area contributed by atoms with E-state index in [-0.39, 0.29) is 6.61 Å². The second kappa shape index (κ2) is 7.43. The first-order valence-electron chi connectivity index (χ1n) is 6.87. The standard InChI is InChI=1S/C17H21OP/c1-2-9-17(14-18)19(15-10-5-3-6-11-15)16-12-7-4-8-13-16/h3-8,10-13,17-18H,2,9,14H2,1H3. The highest BCUT2D eigenvalue weighted by molar-refractivity contribution is 7.73. The molecule has 0 heterocycles. The van der Waals surface area contributed by atoms with E-state index in [1.165, 1.54) is 10.6 Å². The summed E-state index contributed by atoms with van der Waals surface area (Å²) in [5.41, 5.74) is 0.352. The highest BCUT2D eigenvalue weighted by atomic mass is 31.1. The molecule has 19 heavy (non-hydrogen) atoms. The summed E-state index contributed by atoms with van der Waals surface area (Å²) in [4.78, 5) is 0. The van der Waals surface area contributed by atoms with Gasteiger partial charge in [-0.05, 0) is 25.0 Å². The van der Waals surface area contributed by atoms with Gasteiger partial charge >= 0.3 is 0 Å². The van der Waals surface area contributed by atoms with Crippen LogP contribution in [0.4, 0.5) is 0 Å². The van der Waals surface area contributed by atoms with Crippen LogP contribution >= 0.6 is 7.92 Å². The molecule has 2 aromatic rings. The molecule has 0 saturated carbocycles. The van der Waals surface area contributed by atoms with Crippen molar-refractivity contribution >= 4 is 18.5 Å². The second-order valence-corrected chi connectivity index (χ2v) is 7.17. The Labute approximate surface area is 117 Å². The summed E-state index contributed by atoms with van der Waals surface area (Å²) < 4.78 is 0. The highest BCUT2D eigenvalue weighted by Gasteiger charge is 2.22. The van der Waals surface area contributed by atoms with Gasteiger partial charge in [-0.3, -0.25) is 0 Å². The van der Waals surface area contributed by atoms with Crippen LogP contribution < -0.4 is 10.6 Å². The molecule has 1 unspecified atom stereocenters. The quantitative estimate of drug-likeness (QED) is 0.800. The number of benzene rings is 2. The summed E-state index contributed by atoms with van der Waals surface area (Å²) in [5, 5.41) is 12.5. The molecule has 100 valence electrons. The Hall–Kier alpha value is -1.17. The lowest BCUT2D eigenvalue weighted by Crippen LogP contribution is -2.24. The smallest absolute Gasteiger partial charge is 0.0504 e. The molecule has 0 aliphatic rings. The SMILES string of the molecule is CCCC(CO)P(c1ccccc1)c1ccccc1. The maximum absolute atomic E-state index is 9.77. The summed E-state index contributed by atoms with van der Waals surface area (Å²) in [5.74, 6) is 0. The minimum Gasteiger partial charge on any atom is -0.396 e. The Morgan fingerprint density at radius 3 is 1.74 bits per heavy atom. The second-order valence-electron chi connectivity index (χ2n) is 4.67. The number of aliphatic hydroxyl groups excluding tert-OH is 1. The summed E-state index contributed by atoms with van der Waals surface area (Å²) in [6, 6.07) is 21.2. The van der Waals surface area contributed by atoms with Crippen molar-refractivity contribution in [1.29, 1.82) is 0 Å². The van der Waals surface area contributed by atoms with Crippen molar-refractivity contribution in [3.63, 3.8) is 0 Å². The van der Waals surface area contributed by atoms with E-state index in [0.29, 0.717) is 5.66 Å². The van der Waals surface area contributed by atoms with Crippen LogP contribution in [0, 0.1) is 0 Å². The molecule has 0 fully saturated rings. The summed E-state index contributed by atoms with van der Waals surface area (Å²) in [6.07, 6.45) is 2.19. The Bertz CT molecular complexity index is 430. The first kappa shape index (κ1) is 14.2. The molecule has 0 amide bonds. The lowest BCUT2D eigenvalue weighted by molar-refractivity contribution is 0.288. The lowest BCUT2D eigenvalue weighted by Gasteiger charge is -2.27. The first-order valence-corrected chi connectivity index (χ1v) is 8.28. The van der Waals surface area contributed by atoms with Crippen LogP contribution in [-0.2, 0) is 0 Å². The Morgan fingerprint density at radius 1 is 0.895 bits per heavy atom. The van der Waals surface area contributed by atoms with Gasteiger partial charge in [0.2, 0.25) is 0 Å². The molecule has 0 saturated heterocycles. The van der Waals surface area contributed by atoms with E-state index in [4.69, 9.17) is 0 Å². The van der Waals surface area contributed by atoms with Crippen LogP contribution in [0.5, 0.6) is 0 Å². The van der Waals surface area contributed by atoms with Crippen LogP contribution in [0.15, 0.2) is 60.7 Å². The predicted octanol–water partition coefficient (Wildman–Crippen LogP) is 3.28. The van der Waals surface area contributed by atoms with Crippen LogP contribution in [0.25, 0.3) is 0 Å². The zero-order valence-corrected chi connectivity index (χ0v) is 12.3. The molecule has 2 rings (SSSR count). The molecule has 0 radical (unpaired) electrons. The van der Waals surface area contributed by atoms with E-state index in [0.717, 1.165) is 12.8 Å². The number of rotatable bonds is 6. The Kier molecular flexibility index (Phi) is 5.57. The molecule has 0 spiro atoms. The third-order valence-corrected chi connectivity index (χ3v) is 6.13. The summed E-state index contributed by atoms with van der Waals surface area (Å²) in [6.45, 7) is 2.45. The molecule has 2 heteroatoms. The van der Waals surface area contributed by atoms with Crippen molar-refractivity contribution in [3.05, 3.63) is 60.7 Å². The van der Waals surface area contributed by atoms with Gasteiger partial charge in [0.05, 0.1) is 6.61 Å². The van der Waals surface area contributed by atoms with Crippen LogP contribution in [0.1, 0.15) is 19.8 Å². The van der Waals surface area contributed by atoms with Gasteiger partial charge in [0.15, 0.2) is 0 Å². The molecule has 0 aliphatic heterocycles. The Balaban J connectivity index is 2.38.